The van der Waals surface area contributed by atoms with Gasteiger partial charge in [0.1, 0.15) is 11.5 Å². The Morgan fingerprint density at radius 1 is 1.16 bits per heavy atom. The van der Waals surface area contributed by atoms with Gasteiger partial charge in [0, 0.05) is 28.5 Å². The molecule has 0 amide bonds. The molecule has 0 spiro atoms. The zero-order valence-electron chi connectivity index (χ0n) is 11.2. The van der Waals surface area contributed by atoms with Crippen molar-refractivity contribution in [1.82, 2.24) is 4.98 Å². The third kappa shape index (κ3) is 3.06. The van der Waals surface area contributed by atoms with Crippen LogP contribution in [0.1, 0.15) is 22.4 Å². The van der Waals surface area contributed by atoms with Crippen LogP contribution in [0, 0.1) is 20.8 Å². The smallest absolute Gasteiger partial charge is 0.136 e. The van der Waals surface area contributed by atoms with Crippen molar-refractivity contribution in [3.63, 3.8) is 0 Å². The van der Waals surface area contributed by atoms with Crippen LogP contribution in [0.3, 0.4) is 0 Å². The molecule has 0 bridgehead atoms. The van der Waals surface area contributed by atoms with Crippen molar-refractivity contribution in [2.45, 2.75) is 27.4 Å². The molecule has 1 heterocycles. The third-order valence-corrected chi connectivity index (χ3v) is 3.48. The number of pyridine rings is 1. The number of rotatable bonds is 3. The molecule has 2 rings (SSSR count). The average Bonchev–Trinajstić information content (AvgIpc) is 2.36. The highest BCUT2D eigenvalue weighted by molar-refractivity contribution is 6.32. The lowest BCUT2D eigenvalue weighted by Gasteiger charge is -2.12. The SMILES string of the molecule is Cc1cc(Oc2cc(C)c(Cl)c(C)c2)c(CO)cn1. The summed E-state index contributed by atoms with van der Waals surface area (Å²) in [5.41, 5.74) is 3.44. The van der Waals surface area contributed by atoms with Crippen LogP contribution in [0.4, 0.5) is 0 Å². The van der Waals surface area contributed by atoms with Gasteiger partial charge in [0.05, 0.1) is 6.61 Å². The molecule has 0 aliphatic heterocycles. The number of aryl methyl sites for hydroxylation is 3. The first-order chi connectivity index (χ1) is 9.01. The van der Waals surface area contributed by atoms with Crippen LogP contribution in [-0.2, 0) is 6.61 Å². The molecular weight excluding hydrogens is 262 g/mol. The highest BCUT2D eigenvalue weighted by Crippen LogP contribution is 2.30. The fourth-order valence-corrected chi connectivity index (χ4v) is 1.98. The van der Waals surface area contributed by atoms with Crippen LogP contribution >= 0.6 is 11.6 Å². The maximum absolute atomic E-state index is 9.30. The molecular formula is C15H16ClNO2. The number of aromatic nitrogens is 1. The van der Waals surface area contributed by atoms with Crippen LogP contribution in [0.2, 0.25) is 5.02 Å². The van der Waals surface area contributed by atoms with E-state index in [0.717, 1.165) is 21.8 Å². The second-order valence-corrected chi connectivity index (χ2v) is 4.94. The van der Waals surface area contributed by atoms with Gasteiger partial charge in [-0.25, -0.2) is 0 Å². The summed E-state index contributed by atoms with van der Waals surface area (Å²) in [6.45, 7) is 5.65. The average molecular weight is 278 g/mol. The van der Waals surface area contributed by atoms with E-state index in [-0.39, 0.29) is 6.61 Å². The molecule has 0 atom stereocenters. The first kappa shape index (κ1) is 13.8. The number of aliphatic hydroxyl groups excluding tert-OH is 1. The van der Waals surface area contributed by atoms with Gasteiger partial charge in [0.2, 0.25) is 0 Å². The monoisotopic (exact) mass is 277 g/mol. The first-order valence-electron chi connectivity index (χ1n) is 6.02. The molecule has 1 N–H and O–H groups in total. The number of aliphatic hydroxyl groups is 1. The standard InChI is InChI=1S/C15H16ClNO2/c1-9-4-13(5-10(2)15(9)16)19-14-6-11(3)17-7-12(14)8-18/h4-7,18H,8H2,1-3H3. The molecule has 0 saturated carbocycles. The molecule has 1 aromatic heterocycles. The molecule has 0 radical (unpaired) electrons. The topological polar surface area (TPSA) is 42.4 Å². The Bertz CT molecular complexity index is 588. The minimum atomic E-state index is -0.103. The van der Waals surface area contributed by atoms with E-state index in [2.05, 4.69) is 4.98 Å². The number of nitrogens with zero attached hydrogens (tertiary/aromatic N) is 1. The van der Waals surface area contributed by atoms with Crippen molar-refractivity contribution in [2.24, 2.45) is 0 Å². The van der Waals surface area contributed by atoms with E-state index < -0.39 is 0 Å². The van der Waals surface area contributed by atoms with Gasteiger partial charge >= 0.3 is 0 Å². The van der Waals surface area contributed by atoms with E-state index in [1.54, 1.807) is 6.20 Å². The zero-order valence-corrected chi connectivity index (χ0v) is 12.0. The lowest BCUT2D eigenvalue weighted by atomic mass is 10.1. The molecule has 0 aliphatic carbocycles. The lowest BCUT2D eigenvalue weighted by Crippen LogP contribution is -1.95. The molecule has 2 aromatic rings. The Morgan fingerprint density at radius 2 is 1.79 bits per heavy atom. The minimum Gasteiger partial charge on any atom is -0.457 e. The first-order valence-corrected chi connectivity index (χ1v) is 6.40. The number of halogens is 1. The van der Waals surface area contributed by atoms with Gasteiger partial charge in [-0.15, -0.1) is 0 Å². The Hall–Kier alpha value is -1.58. The Kier molecular flexibility index (Phi) is 4.08. The van der Waals surface area contributed by atoms with E-state index >= 15 is 0 Å². The van der Waals surface area contributed by atoms with Crippen molar-refractivity contribution in [2.75, 3.05) is 0 Å². The Morgan fingerprint density at radius 3 is 2.37 bits per heavy atom. The lowest BCUT2D eigenvalue weighted by molar-refractivity contribution is 0.276. The maximum atomic E-state index is 9.30. The van der Waals surface area contributed by atoms with E-state index in [9.17, 15) is 5.11 Å². The van der Waals surface area contributed by atoms with E-state index in [1.807, 2.05) is 39.0 Å². The molecule has 0 saturated heterocycles. The summed E-state index contributed by atoms with van der Waals surface area (Å²) in [6, 6.07) is 5.57. The number of hydrogen-bond acceptors (Lipinski definition) is 3. The van der Waals surface area contributed by atoms with Gasteiger partial charge in [-0.2, -0.15) is 0 Å². The van der Waals surface area contributed by atoms with Crippen LogP contribution in [-0.4, -0.2) is 10.1 Å². The fraction of sp³-hybridized carbons (Fsp3) is 0.267. The summed E-state index contributed by atoms with van der Waals surface area (Å²) in [4.78, 5) is 4.14. The van der Waals surface area contributed by atoms with Crippen molar-refractivity contribution in [3.8, 4) is 11.5 Å². The van der Waals surface area contributed by atoms with E-state index in [0.29, 0.717) is 17.1 Å². The summed E-state index contributed by atoms with van der Waals surface area (Å²) in [6.07, 6.45) is 1.63. The summed E-state index contributed by atoms with van der Waals surface area (Å²) in [7, 11) is 0. The summed E-state index contributed by atoms with van der Waals surface area (Å²) in [5.74, 6) is 1.33. The van der Waals surface area contributed by atoms with E-state index in [4.69, 9.17) is 16.3 Å². The van der Waals surface area contributed by atoms with Gasteiger partial charge in [-0.05, 0) is 44.0 Å². The Balaban J connectivity index is 2.38. The van der Waals surface area contributed by atoms with Gasteiger partial charge in [0.15, 0.2) is 0 Å². The van der Waals surface area contributed by atoms with Crippen molar-refractivity contribution >= 4 is 11.6 Å². The van der Waals surface area contributed by atoms with E-state index in [1.165, 1.54) is 0 Å². The van der Waals surface area contributed by atoms with Gasteiger partial charge in [0.25, 0.3) is 0 Å². The summed E-state index contributed by atoms with van der Waals surface area (Å²) in [5, 5.41) is 10.1. The molecule has 1 aromatic carbocycles. The van der Waals surface area contributed by atoms with Crippen LogP contribution in [0.15, 0.2) is 24.4 Å². The number of hydrogen-bond donors (Lipinski definition) is 1. The predicted octanol–water partition coefficient (Wildman–Crippen LogP) is 3.94. The maximum Gasteiger partial charge on any atom is 0.136 e. The largest absolute Gasteiger partial charge is 0.457 e. The minimum absolute atomic E-state index is 0.103. The molecule has 0 aliphatic rings. The second kappa shape index (κ2) is 5.59. The molecule has 19 heavy (non-hydrogen) atoms. The Labute approximate surface area is 117 Å². The normalized spacial score (nSPS) is 10.6. The highest BCUT2D eigenvalue weighted by Gasteiger charge is 2.08. The molecule has 4 heteroatoms. The molecule has 0 fully saturated rings. The van der Waals surface area contributed by atoms with Gasteiger partial charge < -0.3 is 9.84 Å². The van der Waals surface area contributed by atoms with Gasteiger partial charge in [-0.3, -0.25) is 4.98 Å². The molecule has 3 nitrogen and oxygen atoms in total. The fourth-order valence-electron chi connectivity index (χ4n) is 1.87. The van der Waals surface area contributed by atoms with Crippen LogP contribution in [0.5, 0.6) is 11.5 Å². The van der Waals surface area contributed by atoms with Crippen molar-refractivity contribution in [1.29, 1.82) is 0 Å². The summed E-state index contributed by atoms with van der Waals surface area (Å²) < 4.78 is 5.84. The second-order valence-electron chi connectivity index (χ2n) is 4.56. The highest BCUT2D eigenvalue weighted by atomic mass is 35.5. The molecule has 0 unspecified atom stereocenters. The van der Waals surface area contributed by atoms with Crippen LogP contribution in [0.25, 0.3) is 0 Å². The quantitative estimate of drug-likeness (QED) is 0.924. The van der Waals surface area contributed by atoms with Crippen LogP contribution < -0.4 is 4.74 Å². The third-order valence-electron chi connectivity index (χ3n) is 2.89. The predicted molar refractivity (Wildman–Crippen MR) is 75.9 cm³/mol. The summed E-state index contributed by atoms with van der Waals surface area (Å²) >= 11 is 6.13. The van der Waals surface area contributed by atoms with Crippen molar-refractivity contribution < 1.29 is 9.84 Å². The number of benzene rings is 1. The zero-order chi connectivity index (χ0) is 14.0. The molecule has 100 valence electrons. The van der Waals surface area contributed by atoms with Gasteiger partial charge in [-0.1, -0.05) is 11.6 Å². The number of ether oxygens (including phenoxy) is 1. The van der Waals surface area contributed by atoms with Crippen molar-refractivity contribution in [3.05, 3.63) is 51.8 Å².